The minimum Gasteiger partial charge on any atom is -0.388 e. The summed E-state index contributed by atoms with van der Waals surface area (Å²) in [7, 11) is 0. The van der Waals surface area contributed by atoms with Crippen LogP contribution >= 0.6 is 0 Å². The lowest BCUT2D eigenvalue weighted by atomic mass is 10.0. The number of hydrogen-bond acceptors (Lipinski definition) is 2. The molecule has 2 unspecified atom stereocenters. The number of aliphatic hydroxyl groups excluding tert-OH is 1. The van der Waals surface area contributed by atoms with Crippen molar-refractivity contribution in [3.8, 4) is 0 Å². The smallest absolute Gasteiger partial charge is 0.0838 e. The van der Waals surface area contributed by atoms with Crippen molar-refractivity contribution in [2.45, 2.75) is 26.4 Å². The quantitative estimate of drug-likeness (QED) is 0.751. The summed E-state index contributed by atoms with van der Waals surface area (Å²) >= 11 is 0. The van der Waals surface area contributed by atoms with Gasteiger partial charge in [-0.3, -0.25) is 4.98 Å². The lowest BCUT2D eigenvalue weighted by Gasteiger charge is -2.11. The van der Waals surface area contributed by atoms with Crippen LogP contribution < -0.4 is 0 Å². The fourth-order valence-corrected chi connectivity index (χ4v) is 1.83. The van der Waals surface area contributed by atoms with E-state index in [1.54, 1.807) is 12.4 Å². The number of rotatable bonds is 2. The number of pyridine rings is 1. The Kier molecular flexibility index (Phi) is 1.88. The summed E-state index contributed by atoms with van der Waals surface area (Å²) in [5.41, 5.74) is 1.26. The third-order valence-electron chi connectivity index (χ3n) is 3.00. The highest BCUT2D eigenvalue weighted by Gasteiger charge is 2.50. The zero-order valence-corrected chi connectivity index (χ0v) is 8.07. The number of aromatic nitrogens is 1. The molecule has 1 N–H and O–H groups in total. The summed E-state index contributed by atoms with van der Waals surface area (Å²) < 4.78 is 0. The molecular formula is C11H15NO. The molecule has 0 radical (unpaired) electrons. The molecule has 13 heavy (non-hydrogen) atoms. The first-order chi connectivity index (χ1) is 6.11. The topological polar surface area (TPSA) is 33.1 Å². The molecule has 70 valence electrons. The highest BCUT2D eigenvalue weighted by atomic mass is 16.3. The van der Waals surface area contributed by atoms with Crippen LogP contribution in [0.2, 0.25) is 0 Å². The number of nitrogens with zero attached hydrogens (tertiary/aromatic N) is 1. The molecule has 1 heterocycles. The van der Waals surface area contributed by atoms with Gasteiger partial charge in [-0.2, -0.15) is 0 Å². The van der Waals surface area contributed by atoms with Crippen LogP contribution in [0, 0.1) is 11.3 Å². The van der Waals surface area contributed by atoms with Gasteiger partial charge in [0.05, 0.1) is 6.10 Å². The standard InChI is InChI=1S/C11H15NO/c1-11(2)6-9(11)10(13)8-4-3-5-12-7-8/h3-5,7,9-10,13H,6H2,1-2H3. The second kappa shape index (κ2) is 2.81. The molecule has 0 spiro atoms. The maximum absolute atomic E-state index is 9.96. The van der Waals surface area contributed by atoms with Gasteiger partial charge in [-0.05, 0) is 29.4 Å². The molecule has 1 aliphatic carbocycles. The fraction of sp³-hybridized carbons (Fsp3) is 0.545. The largest absolute Gasteiger partial charge is 0.388 e. The SMILES string of the molecule is CC1(C)CC1C(O)c1cccnc1. The first kappa shape index (κ1) is 8.70. The molecule has 0 aliphatic heterocycles. The molecule has 0 aromatic carbocycles. The monoisotopic (exact) mass is 177 g/mol. The van der Waals surface area contributed by atoms with Gasteiger partial charge in [0.25, 0.3) is 0 Å². The van der Waals surface area contributed by atoms with Crippen LogP contribution in [0.4, 0.5) is 0 Å². The van der Waals surface area contributed by atoms with E-state index in [4.69, 9.17) is 0 Å². The summed E-state index contributed by atoms with van der Waals surface area (Å²) in [5, 5.41) is 9.96. The second-order valence-corrected chi connectivity index (χ2v) is 4.53. The second-order valence-electron chi connectivity index (χ2n) is 4.53. The van der Waals surface area contributed by atoms with Gasteiger partial charge in [0.2, 0.25) is 0 Å². The van der Waals surface area contributed by atoms with Crippen molar-refractivity contribution in [2.24, 2.45) is 11.3 Å². The first-order valence-electron chi connectivity index (χ1n) is 4.69. The van der Waals surface area contributed by atoms with Gasteiger partial charge in [-0.15, -0.1) is 0 Å². The summed E-state index contributed by atoms with van der Waals surface area (Å²) in [5.74, 6) is 0.414. The van der Waals surface area contributed by atoms with Crippen LogP contribution in [0.25, 0.3) is 0 Å². The van der Waals surface area contributed by atoms with E-state index in [1.807, 2.05) is 12.1 Å². The summed E-state index contributed by atoms with van der Waals surface area (Å²) in [6, 6.07) is 3.81. The highest BCUT2D eigenvalue weighted by Crippen LogP contribution is 2.57. The molecule has 1 aromatic heterocycles. The van der Waals surface area contributed by atoms with E-state index in [1.165, 1.54) is 0 Å². The van der Waals surface area contributed by atoms with E-state index in [2.05, 4.69) is 18.8 Å². The Hall–Kier alpha value is -0.890. The van der Waals surface area contributed by atoms with Gasteiger partial charge in [0.1, 0.15) is 0 Å². The van der Waals surface area contributed by atoms with Crippen LogP contribution in [-0.2, 0) is 0 Å². The molecule has 0 saturated heterocycles. The molecule has 1 fully saturated rings. The Labute approximate surface area is 78.6 Å². The molecule has 1 aliphatic rings. The predicted molar refractivity (Wildman–Crippen MR) is 51.1 cm³/mol. The van der Waals surface area contributed by atoms with Crippen LogP contribution in [0.3, 0.4) is 0 Å². The van der Waals surface area contributed by atoms with E-state index < -0.39 is 0 Å². The lowest BCUT2D eigenvalue weighted by Crippen LogP contribution is -2.04. The third kappa shape index (κ3) is 1.59. The Morgan fingerprint density at radius 2 is 2.31 bits per heavy atom. The van der Waals surface area contributed by atoms with E-state index in [0.717, 1.165) is 12.0 Å². The average molecular weight is 177 g/mol. The zero-order chi connectivity index (χ0) is 9.47. The van der Waals surface area contributed by atoms with E-state index in [9.17, 15) is 5.11 Å². The molecular weight excluding hydrogens is 162 g/mol. The van der Waals surface area contributed by atoms with Crippen molar-refractivity contribution < 1.29 is 5.11 Å². The molecule has 2 heteroatoms. The van der Waals surface area contributed by atoms with Gasteiger partial charge in [-0.25, -0.2) is 0 Å². The van der Waals surface area contributed by atoms with Gasteiger partial charge >= 0.3 is 0 Å². The summed E-state index contributed by atoms with van der Waals surface area (Å²) in [6.45, 7) is 4.38. The maximum Gasteiger partial charge on any atom is 0.0838 e. The summed E-state index contributed by atoms with van der Waals surface area (Å²) in [4.78, 5) is 4.00. The lowest BCUT2D eigenvalue weighted by molar-refractivity contribution is 0.138. The van der Waals surface area contributed by atoms with Crippen molar-refractivity contribution in [1.82, 2.24) is 4.98 Å². The normalized spacial score (nSPS) is 26.8. The van der Waals surface area contributed by atoms with Gasteiger partial charge in [-0.1, -0.05) is 19.9 Å². The molecule has 2 nitrogen and oxygen atoms in total. The molecule has 0 bridgehead atoms. The zero-order valence-electron chi connectivity index (χ0n) is 8.07. The Bertz CT molecular complexity index is 294. The average Bonchev–Trinajstić information content (AvgIpc) is 2.76. The molecule has 1 saturated carbocycles. The van der Waals surface area contributed by atoms with Gasteiger partial charge < -0.3 is 5.11 Å². The first-order valence-corrected chi connectivity index (χ1v) is 4.69. The van der Waals surface area contributed by atoms with Gasteiger partial charge in [0.15, 0.2) is 0 Å². The van der Waals surface area contributed by atoms with Crippen molar-refractivity contribution in [3.63, 3.8) is 0 Å². The minimum absolute atomic E-state index is 0.315. The number of hydrogen-bond donors (Lipinski definition) is 1. The fourth-order valence-electron chi connectivity index (χ4n) is 1.83. The summed E-state index contributed by atoms with van der Waals surface area (Å²) in [6.07, 6.45) is 4.26. The van der Waals surface area contributed by atoms with Crippen molar-refractivity contribution >= 4 is 0 Å². The van der Waals surface area contributed by atoms with Crippen LogP contribution in [0.15, 0.2) is 24.5 Å². The Morgan fingerprint density at radius 3 is 2.77 bits per heavy atom. The highest BCUT2D eigenvalue weighted by molar-refractivity contribution is 5.17. The third-order valence-corrected chi connectivity index (χ3v) is 3.00. The molecule has 0 amide bonds. The van der Waals surface area contributed by atoms with Crippen LogP contribution in [0.1, 0.15) is 31.9 Å². The van der Waals surface area contributed by atoms with Crippen LogP contribution in [-0.4, -0.2) is 10.1 Å². The minimum atomic E-state index is -0.330. The van der Waals surface area contributed by atoms with Crippen molar-refractivity contribution in [1.29, 1.82) is 0 Å². The van der Waals surface area contributed by atoms with Crippen molar-refractivity contribution in [2.75, 3.05) is 0 Å². The Morgan fingerprint density at radius 1 is 1.62 bits per heavy atom. The molecule has 2 atom stereocenters. The predicted octanol–water partition coefficient (Wildman–Crippen LogP) is 2.16. The van der Waals surface area contributed by atoms with E-state index >= 15 is 0 Å². The number of aliphatic hydroxyl groups is 1. The molecule has 2 rings (SSSR count). The van der Waals surface area contributed by atoms with Gasteiger partial charge in [0, 0.05) is 12.4 Å². The van der Waals surface area contributed by atoms with Crippen molar-refractivity contribution in [3.05, 3.63) is 30.1 Å². The maximum atomic E-state index is 9.96. The van der Waals surface area contributed by atoms with E-state index in [-0.39, 0.29) is 6.10 Å². The Balaban J connectivity index is 2.12. The molecule has 1 aromatic rings. The van der Waals surface area contributed by atoms with Crippen LogP contribution in [0.5, 0.6) is 0 Å². The van der Waals surface area contributed by atoms with E-state index in [0.29, 0.717) is 11.3 Å².